The van der Waals surface area contributed by atoms with Crippen LogP contribution in [-0.2, 0) is 10.3 Å². The van der Waals surface area contributed by atoms with E-state index in [1.165, 1.54) is 20.8 Å². The molecule has 2 aromatic rings. The van der Waals surface area contributed by atoms with Gasteiger partial charge in [0.1, 0.15) is 11.4 Å². The Kier molecular flexibility index (Phi) is 3.12. The molecule has 0 saturated heterocycles. The van der Waals surface area contributed by atoms with Crippen molar-refractivity contribution in [1.29, 1.82) is 0 Å². The molecule has 3 atom stereocenters. The molecule has 1 aliphatic heterocycles. The van der Waals surface area contributed by atoms with Crippen molar-refractivity contribution in [3.8, 4) is 0 Å². The largest absolute Gasteiger partial charge is 0.358 e. The zero-order valence-corrected chi connectivity index (χ0v) is 18.7. The average Bonchev–Trinajstić information content (AvgIpc) is 3.11. The monoisotopic (exact) mass is 436 g/mol. The molecular weight excluding hydrogens is 387 g/mol. The molecule has 0 aliphatic carbocycles. The molecule has 166 valence electrons. The normalized spacial score (nSPS) is 33.0. The van der Waals surface area contributed by atoms with E-state index >= 15 is 4.39 Å². The Morgan fingerprint density at radius 3 is 2.65 bits per heavy atom. The minimum atomic E-state index is -3.63. The minimum absolute atomic E-state index is 0.0341. The molecule has 1 aliphatic rings. The van der Waals surface area contributed by atoms with Crippen molar-refractivity contribution in [2.45, 2.75) is 72.5 Å². The predicted molar refractivity (Wildman–Crippen MR) is 125 cm³/mol. The molecule has 3 nitrogen and oxygen atoms in total. The second-order valence-electron chi connectivity index (χ2n) is 7.76. The third-order valence-corrected chi connectivity index (χ3v) is 5.29. The molecular formula is C27H35FN2O. The van der Waals surface area contributed by atoms with E-state index in [-0.39, 0.29) is 27.3 Å². The van der Waals surface area contributed by atoms with E-state index in [0.29, 0.717) is 6.92 Å². The second kappa shape index (κ2) is 8.73. The highest BCUT2D eigenvalue weighted by Gasteiger charge is 2.47. The summed E-state index contributed by atoms with van der Waals surface area (Å²) in [5.41, 5.74) is -5.78. The standard InChI is InChI=1S/C27H35FN2O/c1-16(2)30(9)15-17(3)14-27(23-10-11-25(28)20(6)19(23)5)24-12-18(4)26(29-8)13-22(24)21(7)31-27/h10-13,16-17,21H,14-15H2,1-7,9H3/t17?,21?,27-/m0/s1/i9D3,10D,11D,12D,13D,14D2,15D2,16D,17D,21D. The lowest BCUT2D eigenvalue weighted by atomic mass is 9.76. The van der Waals surface area contributed by atoms with E-state index in [0.717, 1.165) is 20.8 Å². The maximum Gasteiger partial charge on any atom is 0.190 e. The summed E-state index contributed by atoms with van der Waals surface area (Å²) in [6.07, 6.45) is -6.12. The molecule has 2 unspecified atom stereocenters. The van der Waals surface area contributed by atoms with Crippen molar-refractivity contribution >= 4 is 5.69 Å². The molecule has 4 heteroatoms. The maximum atomic E-state index is 15.1. The van der Waals surface area contributed by atoms with E-state index in [4.69, 9.17) is 26.4 Å². The Hall–Kier alpha value is -2.22. The molecule has 0 fully saturated rings. The van der Waals surface area contributed by atoms with Crippen molar-refractivity contribution in [1.82, 2.24) is 4.90 Å². The highest BCUT2D eigenvalue weighted by atomic mass is 19.1. The predicted octanol–water partition coefficient (Wildman–Crippen LogP) is 7.00. The van der Waals surface area contributed by atoms with Crippen molar-refractivity contribution in [3.63, 3.8) is 0 Å². The average molecular weight is 437 g/mol. The Morgan fingerprint density at radius 1 is 1.32 bits per heavy atom. The minimum Gasteiger partial charge on any atom is -0.358 e. The van der Waals surface area contributed by atoms with Crippen molar-refractivity contribution < 1.29 is 28.3 Å². The quantitative estimate of drug-likeness (QED) is 0.453. The first-order chi connectivity index (χ1) is 19.9. The van der Waals surface area contributed by atoms with Gasteiger partial charge in [0.05, 0.1) is 18.1 Å². The fourth-order valence-electron chi connectivity index (χ4n) is 3.46. The molecule has 0 amide bonds. The highest BCUT2D eigenvalue weighted by molar-refractivity contribution is 5.61. The number of fused-ring (bicyclic) bond motifs is 1. The summed E-state index contributed by atoms with van der Waals surface area (Å²) in [5, 5.41) is 0. The van der Waals surface area contributed by atoms with Gasteiger partial charge in [0.25, 0.3) is 0 Å². The summed E-state index contributed by atoms with van der Waals surface area (Å²) in [6.45, 7) is 8.24. The molecule has 2 aromatic carbocycles. The molecule has 0 radical (unpaired) electrons. The maximum absolute atomic E-state index is 15.1. The summed E-state index contributed by atoms with van der Waals surface area (Å²) in [5.74, 6) is -4.46. The van der Waals surface area contributed by atoms with Crippen LogP contribution in [0.1, 0.15) is 92.7 Å². The lowest BCUT2D eigenvalue weighted by molar-refractivity contribution is -0.0567. The zero-order valence-electron chi connectivity index (χ0n) is 32.7. The first kappa shape index (κ1) is 11.1. The van der Waals surface area contributed by atoms with Crippen LogP contribution in [0.5, 0.6) is 0 Å². The van der Waals surface area contributed by atoms with Gasteiger partial charge in [-0.2, -0.15) is 0 Å². The van der Waals surface area contributed by atoms with Crippen molar-refractivity contribution in [3.05, 3.63) is 74.8 Å². The summed E-state index contributed by atoms with van der Waals surface area (Å²) in [4.78, 5) is 3.34. The summed E-state index contributed by atoms with van der Waals surface area (Å²) < 4.78 is 145. The van der Waals surface area contributed by atoms with Gasteiger partial charge in [-0.1, -0.05) is 25.1 Å². The van der Waals surface area contributed by atoms with E-state index in [2.05, 4.69) is 4.85 Å². The lowest BCUT2D eigenvalue weighted by Gasteiger charge is -2.37. The van der Waals surface area contributed by atoms with Gasteiger partial charge in [-0.05, 0) is 100 Å². The number of ether oxygens (including phenoxy) is 1. The van der Waals surface area contributed by atoms with Gasteiger partial charge in [0.2, 0.25) is 0 Å². The van der Waals surface area contributed by atoms with Crippen LogP contribution in [0.2, 0.25) is 0 Å². The first-order valence-electron chi connectivity index (χ1n) is 16.7. The Bertz CT molecular complexity index is 1580. The summed E-state index contributed by atoms with van der Waals surface area (Å²) >= 11 is 0. The zero-order chi connectivity index (χ0) is 35.4. The number of hydrogen-bond acceptors (Lipinski definition) is 2. The molecule has 31 heavy (non-hydrogen) atoms. The van der Waals surface area contributed by atoms with E-state index in [9.17, 15) is 4.11 Å². The molecule has 0 aromatic heterocycles. The Morgan fingerprint density at radius 2 is 2.03 bits per heavy atom. The van der Waals surface area contributed by atoms with E-state index in [1.807, 2.05) is 0 Å². The van der Waals surface area contributed by atoms with Crippen LogP contribution in [0, 0.1) is 39.1 Å². The van der Waals surface area contributed by atoms with E-state index < -0.39 is 90.1 Å². The van der Waals surface area contributed by atoms with Gasteiger partial charge in [-0.25, -0.2) is 9.24 Å². The summed E-state index contributed by atoms with van der Waals surface area (Å²) in [7, 11) is 0. The third-order valence-electron chi connectivity index (χ3n) is 5.29. The number of hydrogen-bond donors (Lipinski definition) is 0. The van der Waals surface area contributed by atoms with Crippen molar-refractivity contribution in [2.24, 2.45) is 5.89 Å². The number of nitrogens with zero attached hydrogens (tertiary/aromatic N) is 2. The first-order valence-corrected chi connectivity index (χ1v) is 9.72. The van der Waals surface area contributed by atoms with Gasteiger partial charge in [0, 0.05) is 26.2 Å². The van der Waals surface area contributed by atoms with Crippen LogP contribution >= 0.6 is 0 Å². The van der Waals surface area contributed by atoms with Gasteiger partial charge in [0.15, 0.2) is 5.69 Å². The van der Waals surface area contributed by atoms with Gasteiger partial charge in [-0.15, -0.1) is 0 Å². The van der Waals surface area contributed by atoms with Gasteiger partial charge >= 0.3 is 0 Å². The van der Waals surface area contributed by atoms with E-state index in [1.54, 1.807) is 0 Å². The fourth-order valence-corrected chi connectivity index (χ4v) is 3.46. The van der Waals surface area contributed by atoms with Crippen LogP contribution < -0.4 is 0 Å². The Balaban J connectivity index is 2.75. The molecule has 1 heterocycles. The molecule has 0 saturated carbocycles. The lowest BCUT2D eigenvalue weighted by Crippen LogP contribution is -2.36. The van der Waals surface area contributed by atoms with Crippen LogP contribution in [0.25, 0.3) is 4.85 Å². The van der Waals surface area contributed by atoms with Crippen LogP contribution in [0.3, 0.4) is 0 Å². The molecule has 0 spiro atoms. The van der Waals surface area contributed by atoms with Crippen LogP contribution in [0.4, 0.5) is 10.1 Å². The smallest absolute Gasteiger partial charge is 0.190 e. The van der Waals surface area contributed by atoms with Gasteiger partial charge < -0.3 is 9.64 Å². The molecule has 0 bridgehead atoms. The number of halogens is 1. The third kappa shape index (κ3) is 4.14. The second-order valence-corrected chi connectivity index (χ2v) is 7.76. The van der Waals surface area contributed by atoms with Crippen molar-refractivity contribution in [2.75, 3.05) is 13.5 Å². The van der Waals surface area contributed by atoms with Crippen LogP contribution in [0.15, 0.2) is 24.2 Å². The van der Waals surface area contributed by atoms with Crippen LogP contribution in [-0.4, -0.2) is 24.4 Å². The SMILES string of the molecule is [2H]c1c([2H])c([C@]2(C([2H])([2H])C([2H])(C)C([2H])([2H])N(C([2H])([2H])[2H])C([2H])(C)C)OC([2H])(C)c3c([2H])c([N+]#[C-])c(C)c([2H])c32)c(C)c(C)c1F. The number of benzene rings is 2. The fraction of sp³-hybridized carbons (Fsp3) is 0.519. The molecule has 3 rings (SSSR count). The Labute approximate surface area is 206 Å². The topological polar surface area (TPSA) is 16.8 Å². The summed E-state index contributed by atoms with van der Waals surface area (Å²) in [6, 6.07) is -5.52. The highest BCUT2D eigenvalue weighted by Crippen LogP contribution is 2.53. The number of rotatable bonds is 6. The van der Waals surface area contributed by atoms with Gasteiger partial charge in [-0.3, -0.25) is 0 Å². The molecule has 0 N–H and O–H groups in total.